The van der Waals surface area contributed by atoms with Crippen LogP contribution in [0.25, 0.3) is 11.0 Å². The molecule has 0 spiro atoms. The van der Waals surface area contributed by atoms with E-state index in [0.29, 0.717) is 11.7 Å². The summed E-state index contributed by atoms with van der Waals surface area (Å²) in [5, 5.41) is 11.2. The lowest BCUT2D eigenvalue weighted by Crippen LogP contribution is -2.28. The predicted molar refractivity (Wildman–Crippen MR) is 63.1 cm³/mol. The first-order valence-corrected chi connectivity index (χ1v) is 5.66. The number of H-pyrrole nitrogens is 1. The third kappa shape index (κ3) is 1.53. The molecule has 16 heavy (non-hydrogen) atoms. The van der Waals surface area contributed by atoms with Gasteiger partial charge in [0, 0.05) is 18.2 Å². The van der Waals surface area contributed by atoms with Crippen molar-refractivity contribution in [3.8, 4) is 0 Å². The van der Waals surface area contributed by atoms with E-state index < -0.39 is 0 Å². The first kappa shape index (κ1) is 9.59. The zero-order valence-electron chi connectivity index (χ0n) is 9.03. The van der Waals surface area contributed by atoms with E-state index in [9.17, 15) is 0 Å². The Morgan fingerprint density at radius 1 is 1.38 bits per heavy atom. The number of aromatic nitrogens is 3. The summed E-state index contributed by atoms with van der Waals surface area (Å²) in [6.07, 6.45) is 2.42. The van der Waals surface area contributed by atoms with Crippen molar-refractivity contribution >= 4 is 16.9 Å². The molecule has 3 rings (SSSR count). The van der Waals surface area contributed by atoms with Crippen molar-refractivity contribution in [1.82, 2.24) is 20.5 Å². The number of rotatable bonds is 1. The molecule has 5 heteroatoms. The summed E-state index contributed by atoms with van der Waals surface area (Å²) in [5.41, 5.74) is 7.57. The Morgan fingerprint density at radius 3 is 3.12 bits per heavy atom. The van der Waals surface area contributed by atoms with Crippen LogP contribution < -0.4 is 11.1 Å². The summed E-state index contributed by atoms with van der Waals surface area (Å²) in [5.74, 6) is 1.10. The smallest absolute Gasteiger partial charge is 0.183 e. The molecular weight excluding hydrogens is 202 g/mol. The molecule has 0 amide bonds. The molecule has 4 N–H and O–H groups in total. The van der Waals surface area contributed by atoms with Gasteiger partial charge < -0.3 is 11.1 Å². The Bertz CT molecular complexity index is 498. The molecule has 3 heterocycles. The fraction of sp³-hybridized carbons (Fsp3) is 0.455. The summed E-state index contributed by atoms with van der Waals surface area (Å²) in [4.78, 5) is 4.56. The maximum Gasteiger partial charge on any atom is 0.183 e. The lowest BCUT2D eigenvalue weighted by molar-refractivity contribution is 0.455. The number of anilines is 1. The molecule has 0 saturated carbocycles. The molecule has 2 aromatic heterocycles. The fourth-order valence-electron chi connectivity index (χ4n) is 2.26. The Morgan fingerprint density at radius 2 is 2.31 bits per heavy atom. The van der Waals surface area contributed by atoms with Crippen molar-refractivity contribution in [2.24, 2.45) is 0 Å². The van der Waals surface area contributed by atoms with Crippen molar-refractivity contribution in [3.05, 3.63) is 17.8 Å². The van der Waals surface area contributed by atoms with Gasteiger partial charge in [-0.05, 0) is 31.5 Å². The maximum atomic E-state index is 5.73. The highest BCUT2D eigenvalue weighted by molar-refractivity contribution is 5.85. The van der Waals surface area contributed by atoms with Gasteiger partial charge in [-0.25, -0.2) is 4.98 Å². The summed E-state index contributed by atoms with van der Waals surface area (Å²) in [6, 6.07) is 4.07. The number of nitrogens with two attached hydrogens (primary N) is 1. The molecule has 2 aromatic rings. The zero-order valence-corrected chi connectivity index (χ0v) is 9.03. The number of nitrogen functional groups attached to an aromatic ring is 1. The monoisotopic (exact) mass is 217 g/mol. The van der Waals surface area contributed by atoms with E-state index in [4.69, 9.17) is 5.73 Å². The third-order valence-corrected chi connectivity index (χ3v) is 3.18. The van der Waals surface area contributed by atoms with E-state index in [1.807, 2.05) is 6.07 Å². The second-order valence-electron chi connectivity index (χ2n) is 4.29. The van der Waals surface area contributed by atoms with E-state index in [-0.39, 0.29) is 0 Å². The molecule has 1 atom stereocenters. The average molecular weight is 217 g/mol. The Kier molecular flexibility index (Phi) is 2.25. The van der Waals surface area contributed by atoms with Gasteiger partial charge in [-0.1, -0.05) is 0 Å². The lowest BCUT2D eigenvalue weighted by atomic mass is 9.95. The summed E-state index contributed by atoms with van der Waals surface area (Å²) in [7, 11) is 0. The molecule has 5 nitrogen and oxygen atoms in total. The van der Waals surface area contributed by atoms with Gasteiger partial charge in [-0.2, -0.15) is 5.10 Å². The van der Waals surface area contributed by atoms with Gasteiger partial charge in [0.2, 0.25) is 0 Å². The quantitative estimate of drug-likeness (QED) is 0.666. The predicted octanol–water partition coefficient (Wildman–Crippen LogP) is 1.01. The van der Waals surface area contributed by atoms with Gasteiger partial charge in [-0.3, -0.25) is 5.10 Å². The normalized spacial score (nSPS) is 21.4. The minimum Gasteiger partial charge on any atom is -0.384 e. The summed E-state index contributed by atoms with van der Waals surface area (Å²) < 4.78 is 0. The van der Waals surface area contributed by atoms with Crippen LogP contribution in [-0.4, -0.2) is 28.3 Å². The highest BCUT2D eigenvalue weighted by atomic mass is 15.2. The van der Waals surface area contributed by atoms with Gasteiger partial charge in [0.15, 0.2) is 5.65 Å². The lowest BCUT2D eigenvalue weighted by Gasteiger charge is -2.21. The van der Waals surface area contributed by atoms with Crippen LogP contribution in [0.2, 0.25) is 0 Å². The molecular formula is C11H15N5. The molecule has 0 aromatic carbocycles. The average Bonchev–Trinajstić information content (AvgIpc) is 2.72. The van der Waals surface area contributed by atoms with Crippen LogP contribution in [0.3, 0.4) is 0 Å². The second kappa shape index (κ2) is 3.75. The molecule has 84 valence electrons. The van der Waals surface area contributed by atoms with E-state index in [2.05, 4.69) is 26.6 Å². The SMILES string of the molecule is Nc1[nH]nc2nc(C3CCCNC3)ccc12. The van der Waals surface area contributed by atoms with Gasteiger partial charge in [0.1, 0.15) is 5.82 Å². The third-order valence-electron chi connectivity index (χ3n) is 3.18. The van der Waals surface area contributed by atoms with Crippen molar-refractivity contribution in [2.45, 2.75) is 18.8 Å². The van der Waals surface area contributed by atoms with Crippen LogP contribution in [0.5, 0.6) is 0 Å². The number of hydrogen-bond acceptors (Lipinski definition) is 4. The highest BCUT2D eigenvalue weighted by Gasteiger charge is 2.17. The molecule has 1 saturated heterocycles. The van der Waals surface area contributed by atoms with E-state index in [0.717, 1.165) is 29.8 Å². The van der Waals surface area contributed by atoms with Crippen molar-refractivity contribution in [3.63, 3.8) is 0 Å². The zero-order chi connectivity index (χ0) is 11.0. The minimum absolute atomic E-state index is 0.510. The van der Waals surface area contributed by atoms with Crippen LogP contribution in [0.15, 0.2) is 12.1 Å². The van der Waals surface area contributed by atoms with Crippen molar-refractivity contribution in [1.29, 1.82) is 0 Å². The van der Waals surface area contributed by atoms with Crippen LogP contribution in [0.4, 0.5) is 5.82 Å². The largest absolute Gasteiger partial charge is 0.384 e. The number of nitrogens with one attached hydrogen (secondary N) is 2. The first-order valence-electron chi connectivity index (χ1n) is 5.66. The standard InChI is InChI=1S/C11H15N5/c12-10-8-3-4-9(14-11(8)16-15-10)7-2-1-5-13-6-7/h3-4,7,13H,1-2,5-6H2,(H3,12,14,15,16). The molecule has 1 aliphatic rings. The molecule has 0 radical (unpaired) electrons. The number of nitrogens with zero attached hydrogens (tertiary/aromatic N) is 2. The van der Waals surface area contributed by atoms with Gasteiger partial charge in [0.05, 0.1) is 5.39 Å². The Labute approximate surface area is 93.4 Å². The van der Waals surface area contributed by atoms with E-state index in [1.165, 1.54) is 12.8 Å². The van der Waals surface area contributed by atoms with Crippen LogP contribution in [-0.2, 0) is 0 Å². The number of fused-ring (bicyclic) bond motifs is 1. The van der Waals surface area contributed by atoms with Gasteiger partial charge in [0.25, 0.3) is 0 Å². The first-order chi connectivity index (χ1) is 7.84. The maximum absolute atomic E-state index is 5.73. The van der Waals surface area contributed by atoms with E-state index in [1.54, 1.807) is 0 Å². The van der Waals surface area contributed by atoms with Crippen LogP contribution in [0.1, 0.15) is 24.5 Å². The number of piperidine rings is 1. The van der Waals surface area contributed by atoms with Crippen molar-refractivity contribution < 1.29 is 0 Å². The fourth-order valence-corrected chi connectivity index (χ4v) is 2.26. The molecule has 1 fully saturated rings. The molecule has 1 aliphatic heterocycles. The second-order valence-corrected chi connectivity index (χ2v) is 4.29. The Hall–Kier alpha value is -1.62. The number of aromatic amines is 1. The summed E-state index contributed by atoms with van der Waals surface area (Å²) >= 11 is 0. The molecule has 0 bridgehead atoms. The van der Waals surface area contributed by atoms with Crippen LogP contribution >= 0.6 is 0 Å². The molecule has 1 unspecified atom stereocenters. The Balaban J connectivity index is 1.97. The van der Waals surface area contributed by atoms with Crippen LogP contribution in [0, 0.1) is 0 Å². The topological polar surface area (TPSA) is 79.6 Å². The minimum atomic E-state index is 0.510. The van der Waals surface area contributed by atoms with Gasteiger partial charge in [-0.15, -0.1) is 0 Å². The number of hydrogen-bond donors (Lipinski definition) is 3. The highest BCUT2D eigenvalue weighted by Crippen LogP contribution is 2.24. The van der Waals surface area contributed by atoms with Crippen molar-refractivity contribution in [2.75, 3.05) is 18.8 Å². The van der Waals surface area contributed by atoms with Gasteiger partial charge >= 0.3 is 0 Å². The summed E-state index contributed by atoms with van der Waals surface area (Å²) in [6.45, 7) is 2.13. The number of pyridine rings is 1. The van der Waals surface area contributed by atoms with E-state index >= 15 is 0 Å². The molecule has 0 aliphatic carbocycles.